The van der Waals surface area contributed by atoms with Crippen LogP contribution in [0.3, 0.4) is 0 Å². The normalized spacial score (nSPS) is 10.8. The number of thiophene rings is 1. The van der Waals surface area contributed by atoms with E-state index in [1.165, 1.54) is 11.5 Å². The van der Waals surface area contributed by atoms with Gasteiger partial charge in [0, 0.05) is 18.0 Å². The molecule has 0 spiro atoms. The fraction of sp³-hybridized carbons (Fsp3) is 0.250. The summed E-state index contributed by atoms with van der Waals surface area (Å²) in [5, 5.41) is 5.11. The quantitative estimate of drug-likeness (QED) is 0.740. The van der Waals surface area contributed by atoms with Gasteiger partial charge in [-0.3, -0.25) is 0 Å². The smallest absolute Gasteiger partial charge is 0.229 e. The molecular weight excluding hydrogens is 280 g/mol. The van der Waals surface area contributed by atoms with Crippen LogP contribution < -0.4 is 9.64 Å². The molecule has 0 unspecified atom stereocenters. The third kappa shape index (κ3) is 2.26. The SMILES string of the molecule is COc1nscc1CN(C)c1ncnc2sccc12. The van der Waals surface area contributed by atoms with E-state index in [0.717, 1.165) is 21.6 Å². The molecule has 3 rings (SSSR count). The van der Waals surface area contributed by atoms with Crippen molar-refractivity contribution in [1.29, 1.82) is 0 Å². The van der Waals surface area contributed by atoms with E-state index in [4.69, 9.17) is 4.74 Å². The molecule has 0 aliphatic carbocycles. The summed E-state index contributed by atoms with van der Waals surface area (Å²) in [6.07, 6.45) is 1.60. The molecule has 3 aromatic heterocycles. The zero-order valence-corrected chi connectivity index (χ0v) is 12.2. The Morgan fingerprint density at radius 2 is 2.26 bits per heavy atom. The summed E-state index contributed by atoms with van der Waals surface area (Å²) in [5.41, 5.74) is 1.07. The summed E-state index contributed by atoms with van der Waals surface area (Å²) in [6.45, 7) is 0.710. The van der Waals surface area contributed by atoms with Crippen molar-refractivity contribution < 1.29 is 4.74 Å². The lowest BCUT2D eigenvalue weighted by Crippen LogP contribution is -2.18. The largest absolute Gasteiger partial charge is 0.480 e. The number of ether oxygens (including phenoxy) is 1. The van der Waals surface area contributed by atoms with E-state index in [1.807, 2.05) is 17.8 Å². The molecule has 3 aromatic rings. The Morgan fingerprint density at radius 3 is 3.11 bits per heavy atom. The minimum atomic E-state index is 0.687. The highest BCUT2D eigenvalue weighted by Gasteiger charge is 2.13. The van der Waals surface area contributed by atoms with Crippen molar-refractivity contribution in [3.8, 4) is 5.88 Å². The number of hydrogen-bond donors (Lipinski definition) is 0. The zero-order valence-electron chi connectivity index (χ0n) is 10.5. The van der Waals surface area contributed by atoms with E-state index in [-0.39, 0.29) is 0 Å². The van der Waals surface area contributed by atoms with Gasteiger partial charge in [0.2, 0.25) is 5.88 Å². The summed E-state index contributed by atoms with van der Waals surface area (Å²) in [6, 6.07) is 2.05. The molecule has 0 atom stereocenters. The lowest BCUT2D eigenvalue weighted by atomic mass is 10.3. The van der Waals surface area contributed by atoms with Crippen molar-refractivity contribution in [3.05, 3.63) is 28.7 Å². The number of methoxy groups -OCH3 is 1. The van der Waals surface area contributed by atoms with E-state index >= 15 is 0 Å². The van der Waals surface area contributed by atoms with Crippen LogP contribution in [0, 0.1) is 0 Å². The summed E-state index contributed by atoms with van der Waals surface area (Å²) in [7, 11) is 3.65. The first kappa shape index (κ1) is 12.3. The number of nitrogens with zero attached hydrogens (tertiary/aromatic N) is 4. The Labute approximate surface area is 118 Å². The molecular formula is C12H12N4OS2. The number of hydrogen-bond acceptors (Lipinski definition) is 7. The van der Waals surface area contributed by atoms with Crippen molar-refractivity contribution in [2.75, 3.05) is 19.1 Å². The molecule has 3 heterocycles. The van der Waals surface area contributed by atoms with Crippen LogP contribution >= 0.6 is 22.9 Å². The fourth-order valence-electron chi connectivity index (χ4n) is 1.93. The topological polar surface area (TPSA) is 51.1 Å². The molecule has 5 nitrogen and oxygen atoms in total. The van der Waals surface area contributed by atoms with Crippen LogP contribution in [0.5, 0.6) is 5.88 Å². The van der Waals surface area contributed by atoms with Gasteiger partial charge in [-0.1, -0.05) is 0 Å². The highest BCUT2D eigenvalue weighted by atomic mass is 32.1. The highest BCUT2D eigenvalue weighted by molar-refractivity contribution is 7.16. The van der Waals surface area contributed by atoms with Gasteiger partial charge >= 0.3 is 0 Å². The van der Waals surface area contributed by atoms with Gasteiger partial charge in [-0.05, 0) is 23.0 Å². The van der Waals surface area contributed by atoms with E-state index in [2.05, 4.69) is 25.3 Å². The molecule has 0 saturated carbocycles. The first-order valence-electron chi connectivity index (χ1n) is 5.66. The first-order chi connectivity index (χ1) is 9.29. The Morgan fingerprint density at radius 1 is 1.37 bits per heavy atom. The number of aromatic nitrogens is 3. The third-order valence-electron chi connectivity index (χ3n) is 2.81. The maximum atomic E-state index is 5.24. The molecule has 0 bridgehead atoms. The molecule has 98 valence electrons. The van der Waals surface area contributed by atoms with Gasteiger partial charge in [-0.2, -0.15) is 4.37 Å². The van der Waals surface area contributed by atoms with Crippen LogP contribution in [0.15, 0.2) is 23.2 Å². The molecule has 0 aliphatic rings. The maximum Gasteiger partial charge on any atom is 0.229 e. The first-order valence-corrected chi connectivity index (χ1v) is 7.38. The van der Waals surface area contributed by atoms with Crippen molar-refractivity contribution in [2.45, 2.75) is 6.54 Å². The van der Waals surface area contributed by atoms with Crippen molar-refractivity contribution >= 4 is 38.9 Å². The Kier molecular flexibility index (Phi) is 3.31. The fourth-order valence-corrected chi connectivity index (χ4v) is 3.30. The molecule has 0 radical (unpaired) electrons. The second-order valence-corrected chi connectivity index (χ2v) is 5.57. The Bertz CT molecular complexity index is 694. The van der Waals surface area contributed by atoms with Gasteiger partial charge in [0.05, 0.1) is 19.0 Å². The third-order valence-corrected chi connectivity index (χ3v) is 4.29. The average Bonchev–Trinajstić information content (AvgIpc) is 3.05. The van der Waals surface area contributed by atoms with Crippen LogP contribution in [0.25, 0.3) is 10.2 Å². The van der Waals surface area contributed by atoms with Crippen molar-refractivity contribution in [1.82, 2.24) is 14.3 Å². The van der Waals surface area contributed by atoms with E-state index in [0.29, 0.717) is 12.4 Å². The minimum Gasteiger partial charge on any atom is -0.480 e. The van der Waals surface area contributed by atoms with Crippen LogP contribution in [-0.2, 0) is 6.54 Å². The minimum absolute atomic E-state index is 0.687. The second-order valence-electron chi connectivity index (χ2n) is 4.04. The summed E-state index contributed by atoms with van der Waals surface area (Å²) < 4.78 is 9.43. The van der Waals surface area contributed by atoms with Gasteiger partial charge in [-0.15, -0.1) is 11.3 Å². The van der Waals surface area contributed by atoms with E-state index < -0.39 is 0 Å². The van der Waals surface area contributed by atoms with Crippen LogP contribution in [0.4, 0.5) is 5.82 Å². The molecule has 0 amide bonds. The Hall–Kier alpha value is -1.73. The second kappa shape index (κ2) is 5.10. The summed E-state index contributed by atoms with van der Waals surface area (Å²) in [4.78, 5) is 11.7. The molecule has 0 aliphatic heterocycles. The Balaban J connectivity index is 1.92. The van der Waals surface area contributed by atoms with Gasteiger partial charge < -0.3 is 9.64 Å². The average molecular weight is 292 g/mol. The van der Waals surface area contributed by atoms with Gasteiger partial charge in [0.1, 0.15) is 17.0 Å². The molecule has 7 heteroatoms. The van der Waals surface area contributed by atoms with Crippen molar-refractivity contribution in [2.24, 2.45) is 0 Å². The number of anilines is 1. The van der Waals surface area contributed by atoms with Crippen molar-refractivity contribution in [3.63, 3.8) is 0 Å². The number of rotatable bonds is 4. The maximum absolute atomic E-state index is 5.24. The highest BCUT2D eigenvalue weighted by Crippen LogP contribution is 2.28. The predicted octanol–water partition coefficient (Wildman–Crippen LogP) is 2.79. The molecule has 0 saturated heterocycles. The summed E-state index contributed by atoms with van der Waals surface area (Å²) >= 11 is 3.02. The lowest BCUT2D eigenvalue weighted by Gasteiger charge is -2.18. The molecule has 0 fully saturated rings. The lowest BCUT2D eigenvalue weighted by molar-refractivity contribution is 0.397. The standard InChI is InChI=1S/C12H12N4OS2/c1-16(5-8-6-19-15-11(8)17-2)10-9-3-4-18-12(9)14-7-13-10/h3-4,6-7H,5H2,1-2H3. The zero-order chi connectivity index (χ0) is 13.2. The van der Waals surface area contributed by atoms with Gasteiger partial charge in [0.15, 0.2) is 0 Å². The van der Waals surface area contributed by atoms with Crippen LogP contribution in [0.2, 0.25) is 0 Å². The van der Waals surface area contributed by atoms with Crippen LogP contribution in [0.1, 0.15) is 5.56 Å². The monoisotopic (exact) mass is 292 g/mol. The van der Waals surface area contributed by atoms with Gasteiger partial charge in [0.25, 0.3) is 0 Å². The molecule has 0 aromatic carbocycles. The van der Waals surface area contributed by atoms with Gasteiger partial charge in [-0.25, -0.2) is 9.97 Å². The summed E-state index contributed by atoms with van der Waals surface area (Å²) in [5.74, 6) is 1.62. The predicted molar refractivity (Wildman–Crippen MR) is 78.2 cm³/mol. The molecule has 19 heavy (non-hydrogen) atoms. The van der Waals surface area contributed by atoms with Crippen LogP contribution in [-0.4, -0.2) is 28.5 Å². The number of fused-ring (bicyclic) bond motifs is 1. The van der Waals surface area contributed by atoms with E-state index in [9.17, 15) is 0 Å². The van der Waals surface area contributed by atoms with E-state index in [1.54, 1.807) is 24.8 Å². The molecule has 0 N–H and O–H groups in total.